The fraction of sp³-hybridized carbons (Fsp3) is 0.200. The molecule has 4 heteroatoms. The number of hydrogen-bond donors (Lipinski definition) is 2. The molecule has 2 rings (SSSR count). The van der Waals surface area contributed by atoms with Crippen molar-refractivity contribution in [2.24, 2.45) is 0 Å². The van der Waals surface area contributed by atoms with E-state index in [1.165, 1.54) is 5.56 Å². The summed E-state index contributed by atoms with van der Waals surface area (Å²) in [4.78, 5) is 0. The van der Waals surface area contributed by atoms with Crippen LogP contribution in [0.5, 0.6) is 5.75 Å². The highest BCUT2D eigenvalue weighted by atomic mass is 16.5. The molecular formula is C15H17BO3. The predicted molar refractivity (Wildman–Crippen MR) is 76.4 cm³/mol. The molecule has 0 amide bonds. The molecule has 0 fully saturated rings. The van der Waals surface area contributed by atoms with E-state index in [9.17, 15) is 0 Å². The van der Waals surface area contributed by atoms with Gasteiger partial charge in [-0.05, 0) is 35.1 Å². The molecule has 0 aliphatic rings. The van der Waals surface area contributed by atoms with E-state index in [1.807, 2.05) is 12.1 Å². The molecule has 0 spiro atoms. The molecule has 0 aliphatic carbocycles. The highest BCUT2D eigenvalue weighted by Gasteiger charge is 2.10. The van der Waals surface area contributed by atoms with E-state index in [4.69, 9.17) is 14.8 Å². The first-order chi connectivity index (χ1) is 9.19. The smallest absolute Gasteiger partial charge is 0.488 e. The predicted octanol–water partition coefficient (Wildman–Crippen LogP) is 1.51. The maximum Gasteiger partial charge on any atom is 0.488 e. The Bertz CT molecular complexity index is 523. The topological polar surface area (TPSA) is 49.7 Å². The van der Waals surface area contributed by atoms with Gasteiger partial charge in [-0.25, -0.2) is 0 Å². The lowest BCUT2D eigenvalue weighted by Gasteiger charge is -2.08. The minimum absolute atomic E-state index is 0.429. The quantitative estimate of drug-likeness (QED) is 0.797. The third-order valence-corrected chi connectivity index (χ3v) is 2.99. The molecule has 98 valence electrons. The molecule has 0 atom stereocenters. The third kappa shape index (κ3) is 3.84. The van der Waals surface area contributed by atoms with Gasteiger partial charge in [-0.2, -0.15) is 0 Å². The second-order valence-corrected chi connectivity index (χ2v) is 4.40. The first-order valence-corrected chi connectivity index (χ1v) is 6.35. The average Bonchev–Trinajstić information content (AvgIpc) is 2.46. The van der Waals surface area contributed by atoms with Gasteiger partial charge in [-0.15, -0.1) is 0 Å². The number of rotatable bonds is 5. The monoisotopic (exact) mass is 256 g/mol. The number of aryl methyl sites for hydroxylation is 1. The van der Waals surface area contributed by atoms with Gasteiger partial charge in [0.05, 0.1) is 0 Å². The molecule has 0 saturated carbocycles. The van der Waals surface area contributed by atoms with Crippen molar-refractivity contribution in [2.45, 2.75) is 20.0 Å². The summed E-state index contributed by atoms with van der Waals surface area (Å²) in [5.41, 5.74) is 2.82. The number of ether oxygens (including phenoxy) is 1. The van der Waals surface area contributed by atoms with Crippen LogP contribution < -0.4 is 10.2 Å². The highest BCUT2D eigenvalue weighted by molar-refractivity contribution is 6.58. The maximum absolute atomic E-state index is 9.09. The van der Waals surface area contributed by atoms with Crippen LogP contribution in [0.2, 0.25) is 0 Å². The van der Waals surface area contributed by atoms with Crippen LogP contribution in [0.15, 0.2) is 48.5 Å². The molecule has 19 heavy (non-hydrogen) atoms. The zero-order chi connectivity index (χ0) is 13.7. The Morgan fingerprint density at radius 3 is 2.32 bits per heavy atom. The van der Waals surface area contributed by atoms with Crippen LogP contribution in [0, 0.1) is 0 Å². The summed E-state index contributed by atoms with van der Waals surface area (Å²) in [6.07, 6.45) is 1.03. The summed E-state index contributed by atoms with van der Waals surface area (Å²) in [7, 11) is -1.47. The van der Waals surface area contributed by atoms with Crippen molar-refractivity contribution in [3.63, 3.8) is 0 Å². The molecule has 2 aromatic rings. The van der Waals surface area contributed by atoms with Gasteiger partial charge in [0.15, 0.2) is 0 Å². The van der Waals surface area contributed by atoms with Gasteiger partial charge in [0, 0.05) is 0 Å². The van der Waals surface area contributed by atoms with Crippen molar-refractivity contribution >= 4 is 12.6 Å². The molecule has 0 saturated heterocycles. The van der Waals surface area contributed by atoms with Crippen LogP contribution in [-0.4, -0.2) is 17.2 Å². The Balaban J connectivity index is 1.99. The normalized spacial score (nSPS) is 10.3. The summed E-state index contributed by atoms with van der Waals surface area (Å²) >= 11 is 0. The van der Waals surface area contributed by atoms with Crippen LogP contribution >= 0.6 is 0 Å². The lowest BCUT2D eigenvalue weighted by Crippen LogP contribution is -2.29. The summed E-state index contributed by atoms with van der Waals surface area (Å²) in [5, 5.41) is 18.2. The molecule has 0 radical (unpaired) electrons. The minimum Gasteiger partial charge on any atom is -0.489 e. The molecular weight excluding hydrogens is 239 g/mol. The number of benzene rings is 2. The van der Waals surface area contributed by atoms with E-state index >= 15 is 0 Å². The molecule has 0 aromatic heterocycles. The summed E-state index contributed by atoms with van der Waals surface area (Å²) < 4.78 is 5.63. The Morgan fingerprint density at radius 1 is 1.00 bits per heavy atom. The average molecular weight is 256 g/mol. The number of hydrogen-bond acceptors (Lipinski definition) is 3. The first-order valence-electron chi connectivity index (χ1n) is 6.35. The van der Waals surface area contributed by atoms with Gasteiger partial charge in [-0.3, -0.25) is 0 Å². The largest absolute Gasteiger partial charge is 0.489 e. The molecule has 0 bridgehead atoms. The Hall–Kier alpha value is -1.78. The summed E-state index contributed by atoms with van der Waals surface area (Å²) in [5.74, 6) is 0.630. The van der Waals surface area contributed by atoms with Crippen molar-refractivity contribution in [3.05, 3.63) is 59.7 Å². The molecule has 0 heterocycles. The van der Waals surface area contributed by atoms with Crippen LogP contribution in [0.1, 0.15) is 18.1 Å². The van der Waals surface area contributed by atoms with Gasteiger partial charge in [-0.1, -0.05) is 43.3 Å². The van der Waals surface area contributed by atoms with E-state index in [0.717, 1.165) is 12.0 Å². The van der Waals surface area contributed by atoms with E-state index in [-0.39, 0.29) is 0 Å². The molecule has 3 nitrogen and oxygen atoms in total. The van der Waals surface area contributed by atoms with Gasteiger partial charge in [0.25, 0.3) is 0 Å². The van der Waals surface area contributed by atoms with Crippen molar-refractivity contribution in [1.29, 1.82) is 0 Å². The molecule has 2 aromatic carbocycles. The summed E-state index contributed by atoms with van der Waals surface area (Å²) in [6.45, 7) is 2.59. The van der Waals surface area contributed by atoms with Crippen LogP contribution in [0.3, 0.4) is 0 Å². The van der Waals surface area contributed by atoms with E-state index in [2.05, 4.69) is 19.1 Å². The lowest BCUT2D eigenvalue weighted by atomic mass is 9.80. The Kier molecular flexibility index (Phi) is 4.60. The Labute approximate surface area is 113 Å². The van der Waals surface area contributed by atoms with Crippen molar-refractivity contribution in [1.82, 2.24) is 0 Å². The van der Waals surface area contributed by atoms with Crippen molar-refractivity contribution in [2.75, 3.05) is 0 Å². The van der Waals surface area contributed by atoms with Crippen molar-refractivity contribution in [3.8, 4) is 5.75 Å². The Morgan fingerprint density at radius 2 is 1.68 bits per heavy atom. The summed E-state index contributed by atoms with van der Waals surface area (Å²) in [6, 6.07) is 15.1. The van der Waals surface area contributed by atoms with Gasteiger partial charge >= 0.3 is 7.12 Å². The second-order valence-electron chi connectivity index (χ2n) is 4.40. The zero-order valence-corrected chi connectivity index (χ0v) is 10.9. The van der Waals surface area contributed by atoms with Crippen LogP contribution in [-0.2, 0) is 13.0 Å². The van der Waals surface area contributed by atoms with Gasteiger partial charge in [0.1, 0.15) is 12.4 Å². The van der Waals surface area contributed by atoms with E-state index < -0.39 is 7.12 Å². The first kappa shape index (κ1) is 13.7. The third-order valence-electron chi connectivity index (χ3n) is 2.99. The highest BCUT2D eigenvalue weighted by Crippen LogP contribution is 2.12. The fourth-order valence-electron chi connectivity index (χ4n) is 1.80. The molecule has 0 aliphatic heterocycles. The lowest BCUT2D eigenvalue weighted by molar-refractivity contribution is 0.306. The maximum atomic E-state index is 9.09. The molecule has 2 N–H and O–H groups in total. The van der Waals surface area contributed by atoms with Crippen molar-refractivity contribution < 1.29 is 14.8 Å². The second kappa shape index (κ2) is 6.41. The molecule has 0 unspecified atom stereocenters. The SMILES string of the molecule is CCc1ccc(COc2cccc(B(O)O)c2)cc1. The van der Waals surface area contributed by atoms with Gasteiger partial charge in [0.2, 0.25) is 0 Å². The van der Waals surface area contributed by atoms with E-state index in [0.29, 0.717) is 17.8 Å². The zero-order valence-electron chi connectivity index (χ0n) is 10.9. The van der Waals surface area contributed by atoms with Crippen LogP contribution in [0.4, 0.5) is 0 Å². The standard InChI is InChI=1S/C15H17BO3/c1-2-12-6-8-13(9-7-12)11-19-15-5-3-4-14(10-15)16(17)18/h3-10,17-18H,2,11H2,1H3. The van der Waals surface area contributed by atoms with Gasteiger partial charge < -0.3 is 14.8 Å². The van der Waals surface area contributed by atoms with E-state index in [1.54, 1.807) is 24.3 Å². The minimum atomic E-state index is -1.47. The fourth-order valence-corrected chi connectivity index (χ4v) is 1.80. The van der Waals surface area contributed by atoms with Crippen LogP contribution in [0.25, 0.3) is 0 Å².